The normalized spacial score (nSPS) is 11.2. The van der Waals surface area contributed by atoms with Crippen LogP contribution < -0.4 is 0 Å². The van der Waals surface area contributed by atoms with E-state index in [-0.39, 0.29) is 0 Å². The third-order valence-corrected chi connectivity index (χ3v) is 3.53. The lowest BCUT2D eigenvalue weighted by molar-refractivity contribution is 0.658. The fraction of sp³-hybridized carbons (Fsp3) is 0.562. The van der Waals surface area contributed by atoms with E-state index in [1.807, 2.05) is 4.68 Å². The fourth-order valence-corrected chi connectivity index (χ4v) is 2.40. The Labute approximate surface area is 121 Å². The maximum Gasteiger partial charge on any atom is 0.159 e. The van der Waals surface area contributed by atoms with Crippen molar-refractivity contribution in [2.24, 2.45) is 0 Å². The summed E-state index contributed by atoms with van der Waals surface area (Å²) in [6.45, 7) is 6.47. The van der Waals surface area contributed by atoms with Crippen LogP contribution in [0.2, 0.25) is 0 Å². The molecule has 4 nitrogen and oxygen atoms in total. The fourth-order valence-electron chi connectivity index (χ4n) is 2.40. The number of tetrazole rings is 1. The molecule has 0 aliphatic heterocycles. The Morgan fingerprint density at radius 3 is 2.65 bits per heavy atom. The molecule has 0 saturated carbocycles. The molecule has 0 aliphatic rings. The number of para-hydroxylation sites is 1. The summed E-state index contributed by atoms with van der Waals surface area (Å²) in [5, 5.41) is 12.1. The molecule has 0 bridgehead atoms. The van der Waals surface area contributed by atoms with Crippen molar-refractivity contribution in [3.8, 4) is 5.69 Å². The summed E-state index contributed by atoms with van der Waals surface area (Å²) in [6.07, 6.45) is 6.19. The van der Waals surface area contributed by atoms with Crippen molar-refractivity contribution in [2.45, 2.75) is 58.8 Å². The van der Waals surface area contributed by atoms with Crippen LogP contribution >= 0.6 is 0 Å². The minimum Gasteiger partial charge on any atom is -0.197 e. The van der Waals surface area contributed by atoms with Crippen LogP contribution in [0.1, 0.15) is 63.8 Å². The summed E-state index contributed by atoms with van der Waals surface area (Å²) in [5.41, 5.74) is 2.45. The Bertz CT molecular complexity index is 531. The van der Waals surface area contributed by atoms with Gasteiger partial charge in [-0.15, -0.1) is 5.10 Å². The molecule has 1 aromatic heterocycles. The maximum atomic E-state index is 4.17. The molecule has 0 atom stereocenters. The van der Waals surface area contributed by atoms with E-state index in [4.69, 9.17) is 0 Å². The molecule has 4 heteroatoms. The molecule has 0 radical (unpaired) electrons. The zero-order valence-electron chi connectivity index (χ0n) is 12.7. The lowest BCUT2D eigenvalue weighted by atomic mass is 10.0. The highest BCUT2D eigenvalue weighted by molar-refractivity contribution is 5.40. The van der Waals surface area contributed by atoms with Crippen LogP contribution in [0.4, 0.5) is 0 Å². The second-order valence-corrected chi connectivity index (χ2v) is 5.54. The summed E-state index contributed by atoms with van der Waals surface area (Å²) in [5.74, 6) is 1.24. The standard InChI is InChI=1S/C16H24N4/c1-4-5-6-7-10-14-11-8-9-12-15(14)20-16(13(2)3)17-18-19-20/h8-9,11-13H,4-7,10H2,1-3H3. The molecule has 0 saturated heterocycles. The summed E-state index contributed by atoms with van der Waals surface area (Å²) < 4.78 is 1.89. The van der Waals surface area contributed by atoms with Gasteiger partial charge in [0.2, 0.25) is 0 Å². The van der Waals surface area contributed by atoms with Gasteiger partial charge < -0.3 is 0 Å². The molecular weight excluding hydrogens is 248 g/mol. The van der Waals surface area contributed by atoms with Gasteiger partial charge in [-0.05, 0) is 34.9 Å². The Hall–Kier alpha value is -1.71. The van der Waals surface area contributed by atoms with Crippen molar-refractivity contribution in [3.05, 3.63) is 35.7 Å². The monoisotopic (exact) mass is 272 g/mol. The molecule has 1 aromatic carbocycles. The van der Waals surface area contributed by atoms with E-state index in [1.54, 1.807) is 0 Å². The van der Waals surface area contributed by atoms with Crippen molar-refractivity contribution in [1.29, 1.82) is 0 Å². The first-order valence-corrected chi connectivity index (χ1v) is 7.60. The van der Waals surface area contributed by atoms with Crippen LogP contribution in [0.25, 0.3) is 5.69 Å². The van der Waals surface area contributed by atoms with E-state index in [0.717, 1.165) is 17.9 Å². The second kappa shape index (κ2) is 7.17. The molecule has 0 unspecified atom stereocenters. The van der Waals surface area contributed by atoms with Gasteiger partial charge in [-0.25, -0.2) is 0 Å². The number of benzene rings is 1. The van der Waals surface area contributed by atoms with E-state index in [2.05, 4.69) is 60.6 Å². The van der Waals surface area contributed by atoms with Gasteiger partial charge in [-0.2, -0.15) is 4.68 Å². The first kappa shape index (κ1) is 14.7. The van der Waals surface area contributed by atoms with E-state index in [0.29, 0.717) is 5.92 Å². The number of unbranched alkanes of at least 4 members (excludes halogenated alkanes) is 3. The van der Waals surface area contributed by atoms with E-state index < -0.39 is 0 Å². The highest BCUT2D eigenvalue weighted by atomic mass is 15.5. The smallest absolute Gasteiger partial charge is 0.159 e. The predicted molar refractivity (Wildman–Crippen MR) is 81.1 cm³/mol. The van der Waals surface area contributed by atoms with Crippen molar-refractivity contribution in [1.82, 2.24) is 20.2 Å². The first-order valence-electron chi connectivity index (χ1n) is 7.60. The van der Waals surface area contributed by atoms with Crippen LogP contribution in [0, 0.1) is 0 Å². The SMILES string of the molecule is CCCCCCc1ccccc1-n1nnnc1C(C)C. The minimum atomic E-state index is 0.318. The van der Waals surface area contributed by atoms with Gasteiger partial charge in [0.15, 0.2) is 5.82 Å². The molecule has 1 heterocycles. The quantitative estimate of drug-likeness (QED) is 0.718. The van der Waals surface area contributed by atoms with Crippen LogP contribution in [0.3, 0.4) is 0 Å². The molecule has 0 amide bonds. The van der Waals surface area contributed by atoms with Gasteiger partial charge >= 0.3 is 0 Å². The van der Waals surface area contributed by atoms with Crippen LogP contribution in [-0.2, 0) is 6.42 Å². The summed E-state index contributed by atoms with van der Waals surface area (Å²) >= 11 is 0. The zero-order valence-corrected chi connectivity index (χ0v) is 12.7. The van der Waals surface area contributed by atoms with Crippen molar-refractivity contribution in [3.63, 3.8) is 0 Å². The molecule has 2 rings (SSSR count). The topological polar surface area (TPSA) is 43.6 Å². The van der Waals surface area contributed by atoms with Gasteiger partial charge in [0.05, 0.1) is 5.69 Å². The Morgan fingerprint density at radius 2 is 1.90 bits per heavy atom. The number of nitrogens with zero attached hydrogens (tertiary/aromatic N) is 4. The third-order valence-electron chi connectivity index (χ3n) is 3.53. The zero-order chi connectivity index (χ0) is 14.4. The molecule has 0 fully saturated rings. The summed E-state index contributed by atoms with van der Waals surface area (Å²) in [4.78, 5) is 0. The Balaban J connectivity index is 2.21. The average molecular weight is 272 g/mol. The van der Waals surface area contributed by atoms with Gasteiger partial charge in [0.1, 0.15) is 0 Å². The lowest BCUT2D eigenvalue weighted by Gasteiger charge is -2.11. The van der Waals surface area contributed by atoms with Crippen molar-refractivity contribution in [2.75, 3.05) is 0 Å². The number of rotatable bonds is 7. The second-order valence-electron chi connectivity index (χ2n) is 5.54. The van der Waals surface area contributed by atoms with Crippen molar-refractivity contribution >= 4 is 0 Å². The largest absolute Gasteiger partial charge is 0.197 e. The van der Waals surface area contributed by atoms with Gasteiger partial charge in [0, 0.05) is 5.92 Å². The number of hydrogen-bond acceptors (Lipinski definition) is 3. The van der Waals surface area contributed by atoms with Crippen LogP contribution in [-0.4, -0.2) is 20.2 Å². The van der Waals surface area contributed by atoms with E-state index in [9.17, 15) is 0 Å². The Morgan fingerprint density at radius 1 is 1.10 bits per heavy atom. The van der Waals surface area contributed by atoms with E-state index in [1.165, 1.54) is 31.2 Å². The molecule has 108 valence electrons. The first-order chi connectivity index (χ1) is 9.74. The van der Waals surface area contributed by atoms with Gasteiger partial charge in [-0.1, -0.05) is 58.2 Å². The number of aromatic nitrogens is 4. The average Bonchev–Trinajstić information content (AvgIpc) is 2.93. The third kappa shape index (κ3) is 3.44. The maximum absolute atomic E-state index is 4.17. The molecule has 20 heavy (non-hydrogen) atoms. The number of hydrogen-bond donors (Lipinski definition) is 0. The van der Waals surface area contributed by atoms with Gasteiger partial charge in [-0.3, -0.25) is 0 Å². The van der Waals surface area contributed by atoms with E-state index >= 15 is 0 Å². The lowest BCUT2D eigenvalue weighted by Crippen LogP contribution is -2.07. The summed E-state index contributed by atoms with van der Waals surface area (Å²) in [6, 6.07) is 8.44. The number of aryl methyl sites for hydroxylation is 1. The molecule has 0 aliphatic carbocycles. The Kier molecular flexibility index (Phi) is 5.27. The van der Waals surface area contributed by atoms with Crippen LogP contribution in [0.15, 0.2) is 24.3 Å². The minimum absolute atomic E-state index is 0.318. The molecule has 0 spiro atoms. The molecule has 2 aromatic rings. The predicted octanol–water partition coefficient (Wildman–Crippen LogP) is 3.91. The molecular formula is C16H24N4. The van der Waals surface area contributed by atoms with Gasteiger partial charge in [0.25, 0.3) is 0 Å². The highest BCUT2D eigenvalue weighted by Gasteiger charge is 2.14. The van der Waals surface area contributed by atoms with Crippen LogP contribution in [0.5, 0.6) is 0 Å². The summed E-state index contributed by atoms with van der Waals surface area (Å²) in [7, 11) is 0. The molecule has 0 N–H and O–H groups in total. The van der Waals surface area contributed by atoms with Crippen molar-refractivity contribution < 1.29 is 0 Å². The highest BCUT2D eigenvalue weighted by Crippen LogP contribution is 2.20.